The zero-order valence-corrected chi connectivity index (χ0v) is 16.6. The van der Waals surface area contributed by atoms with Gasteiger partial charge in [0.2, 0.25) is 11.3 Å². The van der Waals surface area contributed by atoms with E-state index in [1.807, 2.05) is 31.2 Å². The first-order valence-corrected chi connectivity index (χ1v) is 9.05. The van der Waals surface area contributed by atoms with Gasteiger partial charge in [-0.3, -0.25) is 9.59 Å². The van der Waals surface area contributed by atoms with Crippen LogP contribution in [0.3, 0.4) is 0 Å². The smallest absolute Gasteiger partial charge is 0.240 e. The highest BCUT2D eigenvalue weighted by molar-refractivity contribution is 9.10. The highest BCUT2D eigenvalue weighted by atomic mass is 79.9. The van der Waals surface area contributed by atoms with Crippen LogP contribution in [-0.4, -0.2) is 29.3 Å². The number of carbonyl (C=O) groups is 1. The first-order chi connectivity index (χ1) is 12.3. The largest absolute Gasteiger partial charge is 0.491 e. The average molecular weight is 423 g/mol. The van der Waals surface area contributed by atoms with Gasteiger partial charge in [0, 0.05) is 28.8 Å². The van der Waals surface area contributed by atoms with E-state index < -0.39 is 0 Å². The van der Waals surface area contributed by atoms with Crippen molar-refractivity contribution in [2.75, 3.05) is 13.7 Å². The van der Waals surface area contributed by atoms with Crippen LogP contribution < -0.4 is 15.5 Å². The number of nitrogens with zero attached hydrogens (tertiary/aromatic N) is 1. The zero-order valence-electron chi connectivity index (χ0n) is 15.0. The van der Waals surface area contributed by atoms with Crippen LogP contribution in [0, 0.1) is 12.8 Å². The number of aliphatic hydroxyl groups is 1. The second kappa shape index (κ2) is 9.00. The standard InChI is InChI=1S/C19H23BrN2O4/c1-12(11-23)19(14-4-6-15(20)7-5-14)21-18(25)10-22-9-17(26-3)16(24)8-13(22)2/h4-9,12,19,23H,10-11H2,1-3H3,(H,21,25). The predicted octanol–water partition coefficient (Wildman–Crippen LogP) is 2.41. The summed E-state index contributed by atoms with van der Waals surface area (Å²) in [4.78, 5) is 24.3. The van der Waals surface area contributed by atoms with Crippen molar-refractivity contribution < 1.29 is 14.6 Å². The van der Waals surface area contributed by atoms with Crippen molar-refractivity contribution >= 4 is 21.8 Å². The van der Waals surface area contributed by atoms with Gasteiger partial charge in [-0.05, 0) is 24.6 Å². The first kappa shape index (κ1) is 20.2. The Bertz CT molecular complexity index is 817. The number of carbonyl (C=O) groups excluding carboxylic acids is 1. The van der Waals surface area contributed by atoms with Gasteiger partial charge in [-0.25, -0.2) is 0 Å². The fourth-order valence-corrected chi connectivity index (χ4v) is 2.94. The third-order valence-corrected chi connectivity index (χ3v) is 4.77. The Kier molecular flexibility index (Phi) is 6.99. The van der Waals surface area contributed by atoms with Crippen LogP contribution in [0.5, 0.6) is 5.75 Å². The van der Waals surface area contributed by atoms with Gasteiger partial charge in [0.25, 0.3) is 0 Å². The zero-order chi connectivity index (χ0) is 19.3. The normalized spacial score (nSPS) is 13.1. The molecule has 1 heterocycles. The summed E-state index contributed by atoms with van der Waals surface area (Å²) in [5, 5.41) is 12.5. The van der Waals surface area contributed by atoms with E-state index in [2.05, 4.69) is 21.2 Å². The maximum absolute atomic E-state index is 12.6. The molecule has 0 aliphatic heterocycles. The van der Waals surface area contributed by atoms with E-state index in [1.54, 1.807) is 11.5 Å². The van der Waals surface area contributed by atoms with Gasteiger partial charge in [0.15, 0.2) is 5.75 Å². The Balaban J connectivity index is 2.20. The highest BCUT2D eigenvalue weighted by Gasteiger charge is 2.21. The van der Waals surface area contributed by atoms with Crippen molar-refractivity contribution in [3.05, 3.63) is 62.5 Å². The number of halogens is 1. The Labute approximate surface area is 160 Å². The number of aromatic nitrogens is 1. The number of amides is 1. The summed E-state index contributed by atoms with van der Waals surface area (Å²) >= 11 is 3.39. The number of methoxy groups -OCH3 is 1. The minimum absolute atomic E-state index is 0.0493. The number of aryl methyl sites for hydroxylation is 1. The van der Waals surface area contributed by atoms with Gasteiger partial charge in [-0.1, -0.05) is 35.0 Å². The fraction of sp³-hybridized carbons (Fsp3) is 0.368. The molecule has 0 radical (unpaired) electrons. The quantitative estimate of drug-likeness (QED) is 0.717. The van der Waals surface area contributed by atoms with Crippen molar-refractivity contribution in [2.24, 2.45) is 5.92 Å². The molecule has 2 aromatic rings. The molecule has 1 amide bonds. The van der Waals surface area contributed by atoms with Gasteiger partial charge in [-0.15, -0.1) is 0 Å². The number of ether oxygens (including phenoxy) is 1. The molecule has 0 fully saturated rings. The lowest BCUT2D eigenvalue weighted by atomic mass is 9.95. The van der Waals surface area contributed by atoms with E-state index in [9.17, 15) is 14.7 Å². The molecule has 26 heavy (non-hydrogen) atoms. The molecule has 2 rings (SSSR count). The Morgan fingerprint density at radius 3 is 2.58 bits per heavy atom. The van der Waals surface area contributed by atoms with Crippen LogP contribution in [-0.2, 0) is 11.3 Å². The van der Waals surface area contributed by atoms with Crippen LogP contribution in [0.25, 0.3) is 0 Å². The minimum atomic E-state index is -0.317. The number of benzene rings is 1. The minimum Gasteiger partial charge on any atom is -0.491 e. The van der Waals surface area contributed by atoms with Gasteiger partial charge in [-0.2, -0.15) is 0 Å². The molecule has 2 atom stereocenters. The van der Waals surface area contributed by atoms with Gasteiger partial charge >= 0.3 is 0 Å². The van der Waals surface area contributed by atoms with Crippen LogP contribution in [0.15, 0.2) is 45.8 Å². The number of aliphatic hydroxyl groups excluding tert-OH is 1. The lowest BCUT2D eigenvalue weighted by Crippen LogP contribution is -2.36. The SMILES string of the molecule is COc1cn(CC(=O)NC(c2ccc(Br)cc2)C(C)CO)c(C)cc1=O. The van der Waals surface area contributed by atoms with Crippen molar-refractivity contribution in [3.63, 3.8) is 0 Å². The summed E-state index contributed by atoms with van der Waals surface area (Å²) in [6, 6.07) is 8.74. The highest BCUT2D eigenvalue weighted by Crippen LogP contribution is 2.23. The Morgan fingerprint density at radius 2 is 2.00 bits per heavy atom. The number of rotatable bonds is 7. The number of pyridine rings is 1. The second-order valence-corrected chi connectivity index (χ2v) is 7.15. The molecule has 0 bridgehead atoms. The van der Waals surface area contributed by atoms with E-state index in [0.717, 1.165) is 10.0 Å². The molecule has 1 aromatic heterocycles. The summed E-state index contributed by atoms with van der Waals surface area (Å²) in [6.45, 7) is 3.64. The summed E-state index contributed by atoms with van der Waals surface area (Å²) in [5.74, 6) is -0.173. The first-order valence-electron chi connectivity index (χ1n) is 8.26. The monoisotopic (exact) mass is 422 g/mol. The molecular weight excluding hydrogens is 400 g/mol. The van der Waals surface area contributed by atoms with E-state index in [1.165, 1.54) is 19.4 Å². The van der Waals surface area contributed by atoms with Crippen LogP contribution in [0.1, 0.15) is 24.2 Å². The van der Waals surface area contributed by atoms with Crippen LogP contribution >= 0.6 is 15.9 Å². The van der Waals surface area contributed by atoms with Crippen LogP contribution in [0.4, 0.5) is 0 Å². The third kappa shape index (κ3) is 4.95. The molecule has 140 valence electrons. The number of nitrogens with one attached hydrogen (secondary N) is 1. The molecule has 0 aliphatic carbocycles. The fourth-order valence-electron chi connectivity index (χ4n) is 2.68. The van der Waals surface area contributed by atoms with Crippen molar-refractivity contribution in [2.45, 2.75) is 26.4 Å². The van der Waals surface area contributed by atoms with Crippen molar-refractivity contribution in [1.82, 2.24) is 9.88 Å². The van der Waals surface area contributed by atoms with E-state index in [-0.39, 0.29) is 42.2 Å². The van der Waals surface area contributed by atoms with E-state index in [0.29, 0.717) is 5.69 Å². The number of hydrogen-bond acceptors (Lipinski definition) is 4. The molecule has 0 aliphatic rings. The van der Waals surface area contributed by atoms with Gasteiger partial charge < -0.3 is 19.7 Å². The maximum atomic E-state index is 12.6. The van der Waals surface area contributed by atoms with E-state index in [4.69, 9.17) is 4.74 Å². The molecule has 6 nitrogen and oxygen atoms in total. The molecule has 0 spiro atoms. The summed E-state index contributed by atoms with van der Waals surface area (Å²) in [6.07, 6.45) is 1.53. The van der Waals surface area contributed by atoms with Crippen LogP contribution in [0.2, 0.25) is 0 Å². The summed E-state index contributed by atoms with van der Waals surface area (Å²) < 4.78 is 7.64. The molecule has 0 saturated heterocycles. The second-order valence-electron chi connectivity index (χ2n) is 6.23. The predicted molar refractivity (Wildman–Crippen MR) is 103 cm³/mol. The maximum Gasteiger partial charge on any atom is 0.240 e. The van der Waals surface area contributed by atoms with Crippen molar-refractivity contribution in [1.29, 1.82) is 0 Å². The summed E-state index contributed by atoms with van der Waals surface area (Å²) in [7, 11) is 1.42. The van der Waals surface area contributed by atoms with Gasteiger partial charge in [0.1, 0.15) is 6.54 Å². The molecule has 2 unspecified atom stereocenters. The van der Waals surface area contributed by atoms with Crippen molar-refractivity contribution in [3.8, 4) is 5.75 Å². The molecular formula is C19H23BrN2O4. The Morgan fingerprint density at radius 1 is 1.35 bits per heavy atom. The lowest BCUT2D eigenvalue weighted by Gasteiger charge is -2.25. The average Bonchev–Trinajstić information content (AvgIpc) is 2.62. The molecule has 7 heteroatoms. The topological polar surface area (TPSA) is 80.6 Å². The summed E-state index contributed by atoms with van der Waals surface area (Å²) in [5.41, 5.74) is 1.36. The molecule has 1 aromatic carbocycles. The number of hydrogen-bond donors (Lipinski definition) is 2. The third-order valence-electron chi connectivity index (χ3n) is 4.25. The molecule has 2 N–H and O–H groups in total. The molecule has 0 saturated carbocycles. The lowest BCUT2D eigenvalue weighted by molar-refractivity contribution is -0.122. The Hall–Kier alpha value is -2.12. The van der Waals surface area contributed by atoms with E-state index >= 15 is 0 Å². The van der Waals surface area contributed by atoms with Gasteiger partial charge in [0.05, 0.1) is 19.3 Å².